The zero-order chi connectivity index (χ0) is 25.3. The van der Waals surface area contributed by atoms with Gasteiger partial charge in [-0.05, 0) is 60.8 Å². The minimum Gasteiger partial charge on any atom is -0.352 e. The van der Waals surface area contributed by atoms with Crippen LogP contribution >= 0.6 is 23.5 Å². The Balaban J connectivity index is 1.07. The highest BCUT2D eigenvalue weighted by atomic mass is 32.2. The summed E-state index contributed by atoms with van der Waals surface area (Å²) < 4.78 is 14.1. The summed E-state index contributed by atoms with van der Waals surface area (Å²) in [5.74, 6) is 3.00. The van der Waals surface area contributed by atoms with E-state index >= 15 is 0 Å². The number of hydrogen-bond donors (Lipinski definition) is 2. The molecule has 0 aromatic heterocycles. The Bertz CT molecular complexity index is 929. The number of nitrogens with one attached hydrogen (secondary N) is 2. The highest BCUT2D eigenvalue weighted by Crippen LogP contribution is 2.27. The van der Waals surface area contributed by atoms with Crippen LogP contribution < -0.4 is 10.6 Å². The predicted molar refractivity (Wildman–Crippen MR) is 156 cm³/mol. The molecule has 1 aromatic carbocycles. The summed E-state index contributed by atoms with van der Waals surface area (Å²) in [5, 5.41) is 8.96. The van der Waals surface area contributed by atoms with E-state index in [1.54, 1.807) is 35.7 Å². The SMILES string of the molecule is Fc1ccc(CSC2=NCN(CC3CCCCC3)CN2)c(CSC2=NCN(CC3CCCCC3)CN2)c1. The lowest BCUT2D eigenvalue weighted by Gasteiger charge is -2.31. The zero-order valence-corrected chi connectivity index (χ0v) is 23.7. The van der Waals surface area contributed by atoms with Gasteiger partial charge in [0.25, 0.3) is 0 Å². The third-order valence-corrected chi connectivity index (χ3v) is 10.1. The lowest BCUT2D eigenvalue weighted by Crippen LogP contribution is -2.44. The summed E-state index contributed by atoms with van der Waals surface area (Å²) in [6.45, 7) is 5.58. The third kappa shape index (κ3) is 8.60. The van der Waals surface area contributed by atoms with E-state index in [1.165, 1.54) is 69.8 Å². The Morgan fingerprint density at radius 2 is 1.24 bits per heavy atom. The molecule has 0 amide bonds. The topological polar surface area (TPSA) is 55.3 Å². The number of thioether (sulfide) groups is 2. The monoisotopic (exact) mass is 546 g/mol. The molecule has 5 rings (SSSR count). The molecule has 0 atom stereocenters. The fourth-order valence-corrected chi connectivity index (χ4v) is 7.73. The molecule has 2 aliphatic carbocycles. The number of benzene rings is 1. The summed E-state index contributed by atoms with van der Waals surface area (Å²) in [4.78, 5) is 14.4. The van der Waals surface area contributed by atoms with Crippen molar-refractivity contribution in [2.75, 3.05) is 39.8 Å². The van der Waals surface area contributed by atoms with Crippen molar-refractivity contribution in [2.24, 2.45) is 21.8 Å². The average Bonchev–Trinajstić information content (AvgIpc) is 2.94. The van der Waals surface area contributed by atoms with Gasteiger partial charge in [-0.3, -0.25) is 9.80 Å². The number of rotatable bonds is 8. The van der Waals surface area contributed by atoms with E-state index in [-0.39, 0.29) is 5.82 Å². The Hall–Kier alpha value is -1.29. The summed E-state index contributed by atoms with van der Waals surface area (Å²) >= 11 is 3.41. The van der Waals surface area contributed by atoms with E-state index in [0.717, 1.165) is 79.0 Å². The van der Waals surface area contributed by atoms with E-state index in [1.807, 2.05) is 6.07 Å². The molecule has 6 nitrogen and oxygen atoms in total. The number of amidine groups is 2. The minimum absolute atomic E-state index is 0.173. The van der Waals surface area contributed by atoms with Crippen molar-refractivity contribution < 1.29 is 4.39 Å². The summed E-state index contributed by atoms with van der Waals surface area (Å²) in [7, 11) is 0. The Labute approximate surface area is 230 Å². The fourth-order valence-electron chi connectivity index (χ4n) is 5.97. The summed E-state index contributed by atoms with van der Waals surface area (Å²) in [6.07, 6.45) is 13.8. The first-order valence-electron chi connectivity index (χ1n) is 14.3. The Morgan fingerprint density at radius 1 is 0.730 bits per heavy atom. The summed E-state index contributed by atoms with van der Waals surface area (Å²) in [6, 6.07) is 5.19. The van der Waals surface area contributed by atoms with E-state index in [4.69, 9.17) is 9.98 Å². The van der Waals surface area contributed by atoms with E-state index in [2.05, 4.69) is 20.4 Å². The van der Waals surface area contributed by atoms with Crippen LogP contribution in [0, 0.1) is 17.7 Å². The molecule has 204 valence electrons. The van der Waals surface area contributed by atoms with Gasteiger partial charge in [0, 0.05) is 24.6 Å². The first kappa shape index (κ1) is 27.3. The maximum atomic E-state index is 14.1. The van der Waals surface area contributed by atoms with Crippen molar-refractivity contribution in [2.45, 2.75) is 75.7 Å². The van der Waals surface area contributed by atoms with Gasteiger partial charge in [-0.25, -0.2) is 14.4 Å². The largest absolute Gasteiger partial charge is 0.352 e. The van der Waals surface area contributed by atoms with Crippen LogP contribution in [0.4, 0.5) is 4.39 Å². The molecule has 2 saturated carbocycles. The van der Waals surface area contributed by atoms with Gasteiger partial charge in [-0.15, -0.1) is 0 Å². The molecule has 2 aliphatic heterocycles. The van der Waals surface area contributed by atoms with Crippen LogP contribution in [0.25, 0.3) is 0 Å². The molecule has 0 spiro atoms. The highest BCUT2D eigenvalue weighted by molar-refractivity contribution is 8.13. The maximum absolute atomic E-state index is 14.1. The van der Waals surface area contributed by atoms with Crippen LogP contribution in [0.1, 0.15) is 75.3 Å². The number of hydrogen-bond acceptors (Lipinski definition) is 8. The fraction of sp³-hybridized carbons (Fsp3) is 0.714. The minimum atomic E-state index is -0.173. The standard InChI is InChI=1S/C28H43FN6S2/c29-26-12-11-24(16-36-27-30-18-34(19-31-27)14-22-7-3-1-4-8-22)25(13-26)17-37-28-32-20-35(21-33-28)15-23-9-5-2-6-10-23/h11-13,22-23H,1-10,14-21H2,(H,30,31)(H,32,33). The molecule has 0 unspecified atom stereocenters. The van der Waals surface area contributed by atoms with Gasteiger partial charge in [0.2, 0.25) is 0 Å². The van der Waals surface area contributed by atoms with Gasteiger partial charge in [0.1, 0.15) is 5.82 Å². The van der Waals surface area contributed by atoms with E-state index in [9.17, 15) is 4.39 Å². The van der Waals surface area contributed by atoms with Crippen LogP contribution in [-0.4, -0.2) is 59.9 Å². The van der Waals surface area contributed by atoms with E-state index in [0.29, 0.717) is 0 Å². The van der Waals surface area contributed by atoms with Crippen LogP contribution in [0.2, 0.25) is 0 Å². The van der Waals surface area contributed by atoms with Gasteiger partial charge < -0.3 is 10.6 Å². The molecule has 2 N–H and O–H groups in total. The molecule has 4 aliphatic rings. The van der Waals surface area contributed by atoms with Gasteiger partial charge in [-0.1, -0.05) is 68.1 Å². The number of nitrogens with zero attached hydrogens (tertiary/aromatic N) is 4. The van der Waals surface area contributed by atoms with Gasteiger partial charge >= 0.3 is 0 Å². The number of aliphatic imine (C=N–C) groups is 2. The van der Waals surface area contributed by atoms with Crippen LogP contribution in [0.15, 0.2) is 28.2 Å². The molecule has 2 fully saturated rings. The second-order valence-corrected chi connectivity index (χ2v) is 13.0. The zero-order valence-electron chi connectivity index (χ0n) is 22.1. The van der Waals surface area contributed by atoms with Crippen molar-refractivity contribution in [1.29, 1.82) is 0 Å². The number of halogens is 1. The maximum Gasteiger partial charge on any atom is 0.159 e. The average molecular weight is 547 g/mol. The Morgan fingerprint density at radius 3 is 1.73 bits per heavy atom. The highest BCUT2D eigenvalue weighted by Gasteiger charge is 2.21. The Kier molecular flexibility index (Phi) is 10.5. The molecule has 2 heterocycles. The molecule has 0 saturated heterocycles. The van der Waals surface area contributed by atoms with Gasteiger partial charge in [-0.2, -0.15) is 0 Å². The predicted octanol–water partition coefficient (Wildman–Crippen LogP) is 5.81. The van der Waals surface area contributed by atoms with Crippen molar-refractivity contribution in [3.63, 3.8) is 0 Å². The summed E-state index contributed by atoms with van der Waals surface area (Å²) in [5.41, 5.74) is 2.21. The molecule has 9 heteroatoms. The van der Waals surface area contributed by atoms with Crippen molar-refractivity contribution in [1.82, 2.24) is 20.4 Å². The van der Waals surface area contributed by atoms with Gasteiger partial charge in [0.15, 0.2) is 10.3 Å². The van der Waals surface area contributed by atoms with Crippen LogP contribution in [-0.2, 0) is 11.5 Å². The molecule has 0 bridgehead atoms. The quantitative estimate of drug-likeness (QED) is 0.430. The van der Waals surface area contributed by atoms with Crippen molar-refractivity contribution in [3.05, 3.63) is 35.1 Å². The lowest BCUT2D eigenvalue weighted by atomic mass is 9.89. The third-order valence-electron chi connectivity index (χ3n) is 8.12. The van der Waals surface area contributed by atoms with Crippen molar-refractivity contribution in [3.8, 4) is 0 Å². The smallest absolute Gasteiger partial charge is 0.159 e. The molecule has 0 radical (unpaired) electrons. The molecule has 1 aromatic rings. The molecule has 37 heavy (non-hydrogen) atoms. The second-order valence-electron chi connectivity index (χ2n) is 11.1. The van der Waals surface area contributed by atoms with Gasteiger partial charge in [0.05, 0.1) is 26.7 Å². The lowest BCUT2D eigenvalue weighted by molar-refractivity contribution is 0.196. The second kappa shape index (κ2) is 14.2. The molecular formula is C28H43FN6S2. The van der Waals surface area contributed by atoms with Crippen molar-refractivity contribution >= 4 is 33.9 Å². The van der Waals surface area contributed by atoms with Crippen LogP contribution in [0.3, 0.4) is 0 Å². The van der Waals surface area contributed by atoms with E-state index < -0.39 is 0 Å². The molecular weight excluding hydrogens is 503 g/mol. The first-order chi connectivity index (χ1) is 18.2. The normalized spacial score (nSPS) is 22.7. The van der Waals surface area contributed by atoms with Crippen LogP contribution in [0.5, 0.6) is 0 Å². The first-order valence-corrected chi connectivity index (χ1v) is 16.2.